The van der Waals surface area contributed by atoms with E-state index in [1.165, 1.54) is 0 Å². The van der Waals surface area contributed by atoms with Crippen LogP contribution >= 0.6 is 0 Å². The number of ether oxygens (including phenoxy) is 1. The van der Waals surface area contributed by atoms with Crippen LogP contribution in [0.5, 0.6) is 0 Å². The summed E-state index contributed by atoms with van der Waals surface area (Å²) in [5.41, 5.74) is 4.41. The molecule has 0 aliphatic carbocycles. The third-order valence-corrected chi connectivity index (χ3v) is 2.14. The molecule has 2 unspecified atom stereocenters. The van der Waals surface area contributed by atoms with E-state index in [1.54, 1.807) is 0 Å². The van der Waals surface area contributed by atoms with Crippen molar-refractivity contribution in [3.05, 3.63) is 0 Å². The average Bonchev–Trinajstić information content (AvgIpc) is 2.09. The van der Waals surface area contributed by atoms with Crippen molar-refractivity contribution < 1.29 is 19.7 Å². The molecule has 2 atom stereocenters. The van der Waals surface area contributed by atoms with Crippen LogP contribution in [0.1, 0.15) is 33.6 Å². The zero-order valence-corrected chi connectivity index (χ0v) is 9.56. The minimum Gasteiger partial charge on any atom is -0.450 e. The first-order valence-electron chi connectivity index (χ1n) is 5.03. The molecule has 0 radical (unpaired) electrons. The summed E-state index contributed by atoms with van der Waals surface area (Å²) in [6.07, 6.45) is -1.54. The van der Waals surface area contributed by atoms with Gasteiger partial charge in [-0.2, -0.15) is 0 Å². The molecule has 0 aliphatic heterocycles. The van der Waals surface area contributed by atoms with Crippen molar-refractivity contribution in [3.8, 4) is 0 Å². The SMILES string of the molecule is CC(C)(C)C(O)C(O)CCCOC(N)=O. The van der Waals surface area contributed by atoms with Crippen molar-refractivity contribution in [3.63, 3.8) is 0 Å². The predicted molar refractivity (Wildman–Crippen MR) is 56.2 cm³/mol. The smallest absolute Gasteiger partial charge is 0.404 e. The summed E-state index contributed by atoms with van der Waals surface area (Å²) in [5.74, 6) is 0. The quantitative estimate of drug-likeness (QED) is 0.591. The molecule has 0 saturated heterocycles. The van der Waals surface area contributed by atoms with Crippen molar-refractivity contribution in [1.82, 2.24) is 0 Å². The van der Waals surface area contributed by atoms with E-state index in [1.807, 2.05) is 20.8 Å². The second kappa shape index (κ2) is 5.92. The molecule has 0 aliphatic rings. The van der Waals surface area contributed by atoms with Crippen LogP contribution in [-0.4, -0.2) is 35.1 Å². The highest BCUT2D eigenvalue weighted by atomic mass is 16.5. The Morgan fingerprint density at radius 1 is 1.40 bits per heavy atom. The van der Waals surface area contributed by atoms with Gasteiger partial charge in [-0.25, -0.2) is 4.79 Å². The lowest BCUT2D eigenvalue weighted by molar-refractivity contribution is -0.0493. The van der Waals surface area contributed by atoms with E-state index >= 15 is 0 Å². The molecule has 0 fully saturated rings. The molecule has 0 rings (SSSR count). The number of aliphatic hydroxyl groups is 2. The van der Waals surface area contributed by atoms with Crippen molar-refractivity contribution in [2.75, 3.05) is 6.61 Å². The number of hydrogen-bond acceptors (Lipinski definition) is 4. The fourth-order valence-electron chi connectivity index (χ4n) is 1.20. The molecule has 5 nitrogen and oxygen atoms in total. The molecule has 0 aromatic rings. The van der Waals surface area contributed by atoms with E-state index in [0.29, 0.717) is 12.8 Å². The lowest BCUT2D eigenvalue weighted by Gasteiger charge is -2.29. The van der Waals surface area contributed by atoms with Crippen LogP contribution < -0.4 is 5.73 Å². The first kappa shape index (κ1) is 14.2. The first-order valence-corrected chi connectivity index (χ1v) is 5.03. The van der Waals surface area contributed by atoms with E-state index in [-0.39, 0.29) is 12.0 Å². The number of amides is 1. The van der Waals surface area contributed by atoms with E-state index in [9.17, 15) is 15.0 Å². The topological polar surface area (TPSA) is 92.8 Å². The molecule has 0 spiro atoms. The summed E-state index contributed by atoms with van der Waals surface area (Å²) in [6, 6.07) is 0. The van der Waals surface area contributed by atoms with Gasteiger partial charge in [-0.05, 0) is 18.3 Å². The predicted octanol–water partition coefficient (Wildman–Crippen LogP) is 0.630. The second-order valence-electron chi connectivity index (χ2n) is 4.69. The van der Waals surface area contributed by atoms with Gasteiger partial charge in [0, 0.05) is 0 Å². The Hall–Kier alpha value is -0.810. The summed E-state index contributed by atoms with van der Waals surface area (Å²) in [7, 11) is 0. The van der Waals surface area contributed by atoms with E-state index in [2.05, 4.69) is 4.74 Å². The Kier molecular flexibility index (Phi) is 5.60. The van der Waals surface area contributed by atoms with Crippen LogP contribution in [-0.2, 0) is 4.74 Å². The van der Waals surface area contributed by atoms with Gasteiger partial charge in [-0.3, -0.25) is 0 Å². The van der Waals surface area contributed by atoms with E-state index in [4.69, 9.17) is 5.73 Å². The lowest BCUT2D eigenvalue weighted by Crippen LogP contribution is -2.37. The minimum atomic E-state index is -0.819. The highest BCUT2D eigenvalue weighted by molar-refractivity contribution is 5.64. The Balaban J connectivity index is 3.74. The van der Waals surface area contributed by atoms with Crippen LogP contribution in [0, 0.1) is 5.41 Å². The van der Waals surface area contributed by atoms with E-state index < -0.39 is 18.3 Å². The number of nitrogens with two attached hydrogens (primary N) is 1. The molecule has 0 aromatic heterocycles. The molecule has 0 bridgehead atoms. The molecule has 0 saturated carbocycles. The Morgan fingerprint density at radius 2 is 1.93 bits per heavy atom. The van der Waals surface area contributed by atoms with Crippen LogP contribution in [0.15, 0.2) is 0 Å². The maximum atomic E-state index is 10.2. The molecule has 4 N–H and O–H groups in total. The van der Waals surface area contributed by atoms with Crippen LogP contribution in [0.3, 0.4) is 0 Å². The fraction of sp³-hybridized carbons (Fsp3) is 0.900. The number of rotatable bonds is 5. The number of hydrogen-bond donors (Lipinski definition) is 3. The van der Waals surface area contributed by atoms with Gasteiger partial charge in [-0.1, -0.05) is 20.8 Å². The zero-order valence-electron chi connectivity index (χ0n) is 9.56. The summed E-state index contributed by atoms with van der Waals surface area (Å²) >= 11 is 0. The number of aliphatic hydroxyl groups excluding tert-OH is 2. The maximum absolute atomic E-state index is 10.2. The third-order valence-electron chi connectivity index (χ3n) is 2.14. The number of carbonyl (C=O) groups is 1. The van der Waals surface area contributed by atoms with Crippen molar-refractivity contribution >= 4 is 6.09 Å². The highest BCUT2D eigenvalue weighted by Gasteiger charge is 2.28. The lowest BCUT2D eigenvalue weighted by atomic mass is 9.84. The van der Waals surface area contributed by atoms with Crippen LogP contribution in [0.2, 0.25) is 0 Å². The van der Waals surface area contributed by atoms with Crippen molar-refractivity contribution in [1.29, 1.82) is 0 Å². The van der Waals surface area contributed by atoms with Crippen LogP contribution in [0.4, 0.5) is 4.79 Å². The number of primary amides is 1. The van der Waals surface area contributed by atoms with Gasteiger partial charge in [0.25, 0.3) is 0 Å². The molecule has 1 amide bonds. The Bertz CT molecular complexity index is 200. The molecule has 5 heteroatoms. The Morgan fingerprint density at radius 3 is 2.33 bits per heavy atom. The Labute approximate surface area is 90.2 Å². The van der Waals surface area contributed by atoms with Crippen LogP contribution in [0.25, 0.3) is 0 Å². The van der Waals surface area contributed by atoms with Crippen molar-refractivity contribution in [2.24, 2.45) is 11.1 Å². The standard InChI is InChI=1S/C10H21NO4/c1-10(2,3)8(13)7(12)5-4-6-15-9(11)14/h7-8,12-13H,4-6H2,1-3H3,(H2,11,14). The molecule has 0 aromatic carbocycles. The summed E-state index contributed by atoms with van der Waals surface area (Å²) < 4.78 is 4.50. The molecule has 0 heterocycles. The summed E-state index contributed by atoms with van der Waals surface area (Å²) in [4.78, 5) is 10.2. The van der Waals surface area contributed by atoms with Gasteiger partial charge in [0.05, 0.1) is 18.8 Å². The number of carbonyl (C=O) groups excluding carboxylic acids is 1. The fourth-order valence-corrected chi connectivity index (χ4v) is 1.20. The molecular formula is C10H21NO4. The second-order valence-corrected chi connectivity index (χ2v) is 4.69. The molecule has 90 valence electrons. The minimum absolute atomic E-state index is 0.170. The van der Waals surface area contributed by atoms with E-state index in [0.717, 1.165) is 0 Å². The molecular weight excluding hydrogens is 198 g/mol. The maximum Gasteiger partial charge on any atom is 0.404 e. The largest absolute Gasteiger partial charge is 0.450 e. The highest BCUT2D eigenvalue weighted by Crippen LogP contribution is 2.23. The van der Waals surface area contributed by atoms with Gasteiger partial charge < -0.3 is 20.7 Å². The third kappa shape index (κ3) is 6.30. The monoisotopic (exact) mass is 219 g/mol. The van der Waals surface area contributed by atoms with Gasteiger partial charge in [0.2, 0.25) is 0 Å². The van der Waals surface area contributed by atoms with Crippen molar-refractivity contribution in [2.45, 2.75) is 45.8 Å². The summed E-state index contributed by atoms with van der Waals surface area (Å²) in [5, 5.41) is 19.3. The van der Waals surface area contributed by atoms with Gasteiger partial charge in [0.15, 0.2) is 0 Å². The normalized spacial score (nSPS) is 15.8. The molecule has 15 heavy (non-hydrogen) atoms. The first-order chi connectivity index (χ1) is 6.75. The van der Waals surface area contributed by atoms with Gasteiger partial charge in [-0.15, -0.1) is 0 Å². The summed E-state index contributed by atoms with van der Waals surface area (Å²) in [6.45, 7) is 5.71. The average molecular weight is 219 g/mol. The van der Waals surface area contributed by atoms with Gasteiger partial charge in [0.1, 0.15) is 0 Å². The van der Waals surface area contributed by atoms with Gasteiger partial charge >= 0.3 is 6.09 Å². The zero-order chi connectivity index (χ0) is 12.1.